The number of rotatable bonds is 0. The molecule has 0 saturated heterocycles. The van der Waals surface area contributed by atoms with Crippen LogP contribution in [0.25, 0.3) is 10.9 Å². The first kappa shape index (κ1) is 8.04. The summed E-state index contributed by atoms with van der Waals surface area (Å²) in [5.74, 6) is 0.993. The third kappa shape index (κ3) is 0.788. The number of fused-ring (bicyclic) bond motifs is 3. The summed E-state index contributed by atoms with van der Waals surface area (Å²) < 4.78 is 13.1. The molecule has 2 aromatic rings. The predicted octanol–water partition coefficient (Wildman–Crippen LogP) is 3.77. The molecule has 2 unspecified atom stereocenters. The molecule has 0 aliphatic heterocycles. The Balaban J connectivity index is 0.000000853. The zero-order valence-corrected chi connectivity index (χ0v) is 8.26. The summed E-state index contributed by atoms with van der Waals surface area (Å²) in [4.78, 5) is 3.35. The predicted molar refractivity (Wildman–Crippen MR) is 57.2 cm³/mol. The van der Waals surface area contributed by atoms with E-state index in [0.29, 0.717) is 11.8 Å². The maximum atomic E-state index is 13.1. The van der Waals surface area contributed by atoms with Crippen LogP contribution in [0.5, 0.6) is 0 Å². The molecular weight excluding hydrogens is 177 g/mol. The van der Waals surface area contributed by atoms with Crippen LogP contribution in [0.3, 0.4) is 0 Å². The van der Waals surface area contributed by atoms with Crippen LogP contribution in [0.1, 0.15) is 38.4 Å². The van der Waals surface area contributed by atoms with Gasteiger partial charge in [0.15, 0.2) is 0 Å². The molecule has 1 aliphatic rings. The fraction of sp³-hybridized carbons (Fsp3) is 0.333. The summed E-state index contributed by atoms with van der Waals surface area (Å²) in [5.41, 5.74) is 3.66. The van der Waals surface area contributed by atoms with E-state index in [0.717, 1.165) is 10.9 Å². The second kappa shape index (κ2) is 2.38. The summed E-state index contributed by atoms with van der Waals surface area (Å²) in [5, 5.41) is 1.06. The Morgan fingerprint density at radius 1 is 1.29 bits per heavy atom. The van der Waals surface area contributed by atoms with Gasteiger partial charge in [0.2, 0.25) is 0 Å². The zero-order valence-electron chi connectivity index (χ0n) is 8.26. The Morgan fingerprint density at radius 3 is 2.86 bits per heavy atom. The number of benzene rings is 1. The maximum Gasteiger partial charge on any atom is 0.123 e. The number of hydrogen-bond donors (Lipinski definition) is 1. The van der Waals surface area contributed by atoms with E-state index in [-0.39, 0.29) is 7.24 Å². The van der Waals surface area contributed by atoms with Crippen molar-refractivity contribution in [1.82, 2.24) is 4.98 Å². The quantitative estimate of drug-likeness (QED) is 0.652. The SMILES string of the molecule is CC1c2[nH]c3ccc(F)cc3c2C1C.[HH]. The standard InChI is InChI=1S/C12H12FN.H2/c1-6-7(2)12-11(6)9-5-8(13)3-4-10(9)14-12;/h3-7,14H,1-2H3;1H. The molecule has 3 rings (SSSR count). The van der Waals surface area contributed by atoms with Gasteiger partial charge in [0, 0.05) is 23.9 Å². The van der Waals surface area contributed by atoms with E-state index >= 15 is 0 Å². The van der Waals surface area contributed by atoms with Crippen molar-refractivity contribution in [2.75, 3.05) is 0 Å². The van der Waals surface area contributed by atoms with Crippen LogP contribution in [0.15, 0.2) is 18.2 Å². The summed E-state index contributed by atoms with van der Waals surface area (Å²) in [6.07, 6.45) is 0. The van der Waals surface area contributed by atoms with E-state index in [1.807, 2.05) is 6.07 Å². The average Bonchev–Trinajstić information content (AvgIpc) is 2.52. The molecule has 0 amide bonds. The van der Waals surface area contributed by atoms with E-state index in [2.05, 4.69) is 18.8 Å². The summed E-state index contributed by atoms with van der Waals surface area (Å²) >= 11 is 0. The molecule has 74 valence electrons. The summed E-state index contributed by atoms with van der Waals surface area (Å²) in [6.45, 7) is 4.41. The second-order valence-electron chi connectivity index (χ2n) is 4.22. The van der Waals surface area contributed by atoms with Crippen molar-refractivity contribution in [3.63, 3.8) is 0 Å². The molecular formula is C12H14FN. The van der Waals surface area contributed by atoms with Crippen molar-refractivity contribution in [1.29, 1.82) is 0 Å². The largest absolute Gasteiger partial charge is 0.358 e. The Labute approximate surface area is 83.4 Å². The van der Waals surface area contributed by atoms with Crippen LogP contribution >= 0.6 is 0 Å². The van der Waals surface area contributed by atoms with Crippen LogP contribution in [0, 0.1) is 5.82 Å². The maximum absolute atomic E-state index is 13.1. The van der Waals surface area contributed by atoms with Crippen LogP contribution in [0.2, 0.25) is 0 Å². The molecule has 1 aliphatic carbocycles. The minimum absolute atomic E-state index is 0. The smallest absolute Gasteiger partial charge is 0.123 e. The molecule has 2 heteroatoms. The first-order valence-electron chi connectivity index (χ1n) is 4.99. The normalized spacial score (nSPS) is 24.8. The van der Waals surface area contributed by atoms with Crippen molar-refractivity contribution >= 4 is 10.9 Å². The van der Waals surface area contributed by atoms with Crippen LogP contribution in [-0.2, 0) is 0 Å². The topological polar surface area (TPSA) is 15.8 Å². The lowest BCUT2D eigenvalue weighted by atomic mass is 9.73. The number of nitrogens with one attached hydrogen (secondary N) is 1. The highest BCUT2D eigenvalue weighted by molar-refractivity contribution is 5.87. The molecule has 0 fully saturated rings. The van der Waals surface area contributed by atoms with Gasteiger partial charge in [-0.2, -0.15) is 0 Å². The number of aromatic nitrogens is 1. The van der Waals surface area contributed by atoms with Gasteiger partial charge in [0.05, 0.1) is 0 Å². The molecule has 0 saturated carbocycles. The Kier molecular flexibility index (Phi) is 1.37. The Morgan fingerprint density at radius 2 is 2.07 bits per heavy atom. The molecule has 1 aromatic carbocycles. The lowest BCUT2D eigenvalue weighted by Gasteiger charge is -2.31. The van der Waals surface area contributed by atoms with Gasteiger partial charge in [-0.25, -0.2) is 4.39 Å². The lowest BCUT2D eigenvalue weighted by molar-refractivity contribution is 0.535. The Hall–Kier alpha value is -1.31. The Bertz CT molecular complexity index is 518. The van der Waals surface area contributed by atoms with Crippen LogP contribution in [0.4, 0.5) is 4.39 Å². The number of H-pyrrole nitrogens is 1. The highest BCUT2D eigenvalue weighted by atomic mass is 19.1. The van der Waals surface area contributed by atoms with E-state index < -0.39 is 0 Å². The zero-order chi connectivity index (χ0) is 9.87. The summed E-state index contributed by atoms with van der Waals surface area (Å²) in [6, 6.07) is 4.96. The van der Waals surface area contributed by atoms with Gasteiger partial charge in [-0.15, -0.1) is 0 Å². The van der Waals surface area contributed by atoms with Gasteiger partial charge in [-0.3, -0.25) is 0 Å². The fourth-order valence-corrected chi connectivity index (χ4v) is 2.46. The third-order valence-corrected chi connectivity index (χ3v) is 3.49. The monoisotopic (exact) mass is 191 g/mol. The van der Waals surface area contributed by atoms with Crippen molar-refractivity contribution in [2.24, 2.45) is 0 Å². The van der Waals surface area contributed by atoms with E-state index in [1.165, 1.54) is 17.3 Å². The van der Waals surface area contributed by atoms with Crippen LogP contribution in [-0.4, -0.2) is 4.98 Å². The van der Waals surface area contributed by atoms with E-state index in [9.17, 15) is 4.39 Å². The van der Waals surface area contributed by atoms with Gasteiger partial charge >= 0.3 is 0 Å². The van der Waals surface area contributed by atoms with Gasteiger partial charge in [-0.05, 0) is 29.7 Å². The molecule has 1 aromatic heterocycles. The van der Waals surface area contributed by atoms with Crippen molar-refractivity contribution < 1.29 is 5.82 Å². The fourth-order valence-electron chi connectivity index (χ4n) is 2.46. The molecule has 1 heterocycles. The number of hydrogen-bond acceptors (Lipinski definition) is 0. The second-order valence-corrected chi connectivity index (χ2v) is 4.22. The minimum Gasteiger partial charge on any atom is -0.358 e. The lowest BCUT2D eigenvalue weighted by Crippen LogP contribution is -2.17. The summed E-state index contributed by atoms with van der Waals surface area (Å²) in [7, 11) is 0. The van der Waals surface area contributed by atoms with Gasteiger partial charge < -0.3 is 4.98 Å². The first-order valence-corrected chi connectivity index (χ1v) is 4.99. The molecule has 0 radical (unpaired) electrons. The molecule has 0 spiro atoms. The van der Waals surface area contributed by atoms with Gasteiger partial charge in [0.1, 0.15) is 5.82 Å². The first-order chi connectivity index (χ1) is 6.68. The third-order valence-electron chi connectivity index (χ3n) is 3.49. The highest BCUT2D eigenvalue weighted by Gasteiger charge is 2.34. The van der Waals surface area contributed by atoms with Crippen molar-refractivity contribution in [2.45, 2.75) is 25.7 Å². The molecule has 14 heavy (non-hydrogen) atoms. The molecule has 2 atom stereocenters. The average molecular weight is 191 g/mol. The minimum atomic E-state index is -0.147. The van der Waals surface area contributed by atoms with Crippen molar-refractivity contribution in [3.8, 4) is 0 Å². The van der Waals surface area contributed by atoms with Gasteiger partial charge in [0.25, 0.3) is 0 Å². The molecule has 0 bridgehead atoms. The number of aromatic amines is 1. The highest BCUT2D eigenvalue weighted by Crippen LogP contribution is 2.49. The molecule has 1 nitrogen and oxygen atoms in total. The van der Waals surface area contributed by atoms with Crippen LogP contribution < -0.4 is 0 Å². The molecule has 1 N–H and O–H groups in total. The van der Waals surface area contributed by atoms with Crippen molar-refractivity contribution in [3.05, 3.63) is 35.3 Å². The van der Waals surface area contributed by atoms with E-state index in [4.69, 9.17) is 0 Å². The van der Waals surface area contributed by atoms with E-state index in [1.54, 1.807) is 6.07 Å². The number of halogens is 1. The van der Waals surface area contributed by atoms with Gasteiger partial charge in [-0.1, -0.05) is 13.8 Å².